The number of aryl methyl sites for hydroxylation is 1. The zero-order chi connectivity index (χ0) is 21.2. The molecule has 0 saturated heterocycles. The maximum atomic E-state index is 12.9. The molecule has 3 rings (SSSR count). The second-order valence-electron chi connectivity index (χ2n) is 6.43. The maximum absolute atomic E-state index is 12.9. The van der Waals surface area contributed by atoms with Gasteiger partial charge in [-0.15, -0.1) is 10.2 Å². The van der Waals surface area contributed by atoms with E-state index in [9.17, 15) is 21.6 Å². The summed E-state index contributed by atoms with van der Waals surface area (Å²) in [5.41, 5.74) is 2.45. The summed E-state index contributed by atoms with van der Waals surface area (Å²) in [6.07, 6.45) is -2.63. The average molecular weight is 442 g/mol. The Hall–Kier alpha value is -2.46. The summed E-state index contributed by atoms with van der Waals surface area (Å²) in [5.74, 6) is 0. The molecule has 0 fully saturated rings. The van der Waals surface area contributed by atoms with E-state index in [2.05, 4.69) is 15.5 Å². The Morgan fingerprint density at radius 2 is 1.76 bits per heavy atom. The number of rotatable bonds is 6. The first-order valence-corrected chi connectivity index (χ1v) is 11.3. The van der Waals surface area contributed by atoms with Crippen molar-refractivity contribution in [3.05, 3.63) is 70.2 Å². The highest BCUT2D eigenvalue weighted by Gasteiger charge is 2.36. The molecule has 0 spiro atoms. The lowest BCUT2D eigenvalue weighted by molar-refractivity contribution is -0.138. The molecule has 0 bridgehead atoms. The molecule has 0 aliphatic rings. The standard InChI is InChI=1S/C19H18F3N3O2S2/c1-3-12-7-9-13(10-8-12)16(14-5-4-6-15(11-14)29(2,26)27)23-18-25-24-17(28-18)19(20,21)22/h4-11,16H,3H2,1-2H3,(H,23,25). The van der Waals surface area contributed by atoms with Gasteiger partial charge in [-0.1, -0.05) is 54.7 Å². The molecule has 1 heterocycles. The van der Waals surface area contributed by atoms with Gasteiger partial charge in [0.1, 0.15) is 0 Å². The largest absolute Gasteiger partial charge is 0.445 e. The molecule has 10 heteroatoms. The molecule has 154 valence electrons. The molecular formula is C19H18F3N3O2S2. The molecule has 5 nitrogen and oxygen atoms in total. The number of aromatic nitrogens is 2. The van der Waals surface area contributed by atoms with Crippen LogP contribution in [0.2, 0.25) is 0 Å². The minimum absolute atomic E-state index is 0.00773. The van der Waals surface area contributed by atoms with E-state index in [1.807, 2.05) is 31.2 Å². The zero-order valence-electron chi connectivity index (χ0n) is 15.6. The van der Waals surface area contributed by atoms with E-state index in [0.717, 1.165) is 23.8 Å². The quantitative estimate of drug-likeness (QED) is 0.599. The maximum Gasteiger partial charge on any atom is 0.445 e. The van der Waals surface area contributed by atoms with Crippen molar-refractivity contribution in [1.82, 2.24) is 10.2 Å². The minimum atomic E-state index is -4.58. The lowest BCUT2D eigenvalue weighted by atomic mass is 9.97. The van der Waals surface area contributed by atoms with Crippen molar-refractivity contribution in [3.8, 4) is 0 Å². The second-order valence-corrected chi connectivity index (χ2v) is 9.42. The Kier molecular flexibility index (Phi) is 5.95. The first-order chi connectivity index (χ1) is 13.6. The molecule has 2 aromatic carbocycles. The van der Waals surface area contributed by atoms with Gasteiger partial charge >= 0.3 is 6.18 Å². The smallest absolute Gasteiger partial charge is 0.349 e. The molecule has 3 aromatic rings. The summed E-state index contributed by atoms with van der Waals surface area (Å²) in [5, 5.41) is 8.71. The molecule has 1 atom stereocenters. The van der Waals surface area contributed by atoms with Crippen molar-refractivity contribution in [2.75, 3.05) is 11.6 Å². The van der Waals surface area contributed by atoms with Gasteiger partial charge in [-0.3, -0.25) is 0 Å². The molecule has 29 heavy (non-hydrogen) atoms. The minimum Gasteiger partial charge on any atom is -0.349 e. The summed E-state index contributed by atoms with van der Waals surface area (Å²) < 4.78 is 62.5. The molecule has 1 unspecified atom stereocenters. The average Bonchev–Trinajstić information content (AvgIpc) is 3.15. The number of benzene rings is 2. The van der Waals surface area contributed by atoms with E-state index >= 15 is 0 Å². The van der Waals surface area contributed by atoms with Gasteiger partial charge in [0, 0.05) is 6.26 Å². The van der Waals surface area contributed by atoms with Crippen LogP contribution >= 0.6 is 11.3 Å². The van der Waals surface area contributed by atoms with Crippen molar-refractivity contribution in [1.29, 1.82) is 0 Å². The van der Waals surface area contributed by atoms with Crippen molar-refractivity contribution < 1.29 is 21.6 Å². The van der Waals surface area contributed by atoms with Crippen LogP contribution in [-0.2, 0) is 22.4 Å². The summed E-state index contributed by atoms with van der Waals surface area (Å²) >= 11 is 0.398. The van der Waals surface area contributed by atoms with E-state index in [4.69, 9.17) is 0 Å². The van der Waals surface area contributed by atoms with E-state index in [1.54, 1.807) is 12.1 Å². The summed E-state index contributed by atoms with van der Waals surface area (Å²) in [6, 6.07) is 13.3. The molecule has 1 N–H and O–H groups in total. The first-order valence-electron chi connectivity index (χ1n) is 8.64. The highest BCUT2D eigenvalue weighted by atomic mass is 32.2. The predicted octanol–water partition coefficient (Wildman–Crippen LogP) is 4.72. The summed E-state index contributed by atoms with van der Waals surface area (Å²) in [4.78, 5) is 0.125. The third kappa shape index (κ3) is 5.13. The van der Waals surface area contributed by atoms with Crippen LogP contribution in [0, 0.1) is 0 Å². The van der Waals surface area contributed by atoms with Crippen LogP contribution in [0.3, 0.4) is 0 Å². The molecule has 0 aliphatic carbocycles. The number of nitrogens with zero attached hydrogens (tertiary/aromatic N) is 2. The van der Waals surface area contributed by atoms with E-state index in [0.29, 0.717) is 16.9 Å². The fourth-order valence-corrected chi connectivity index (χ4v) is 4.06. The number of anilines is 1. The molecule has 0 amide bonds. The Morgan fingerprint density at radius 3 is 2.31 bits per heavy atom. The second kappa shape index (κ2) is 8.11. The van der Waals surface area contributed by atoms with Crippen molar-refractivity contribution in [3.63, 3.8) is 0 Å². The Bertz CT molecular complexity index is 1090. The number of nitrogens with one attached hydrogen (secondary N) is 1. The SMILES string of the molecule is CCc1ccc(C(Nc2nnc(C(F)(F)F)s2)c2cccc(S(C)(=O)=O)c2)cc1. The Morgan fingerprint density at radius 1 is 1.07 bits per heavy atom. The first kappa shape index (κ1) is 21.3. The summed E-state index contributed by atoms with van der Waals surface area (Å²) in [7, 11) is -3.44. The predicted molar refractivity (Wildman–Crippen MR) is 106 cm³/mol. The van der Waals surface area contributed by atoms with Gasteiger partial charge in [0.15, 0.2) is 9.84 Å². The highest BCUT2D eigenvalue weighted by molar-refractivity contribution is 7.90. The Labute approximate surface area is 170 Å². The molecule has 1 aromatic heterocycles. The van der Waals surface area contributed by atoms with Gasteiger partial charge in [-0.05, 0) is 35.2 Å². The van der Waals surface area contributed by atoms with Crippen LogP contribution in [0.25, 0.3) is 0 Å². The van der Waals surface area contributed by atoms with Gasteiger partial charge in [0.05, 0.1) is 10.9 Å². The monoisotopic (exact) mass is 441 g/mol. The van der Waals surface area contributed by atoms with Gasteiger partial charge in [-0.25, -0.2) is 8.42 Å². The molecule has 0 aliphatic heterocycles. The van der Waals surface area contributed by atoms with Crippen LogP contribution in [0.4, 0.5) is 18.3 Å². The van der Waals surface area contributed by atoms with Crippen LogP contribution in [0.1, 0.15) is 34.7 Å². The Balaban J connectivity index is 2.03. The number of hydrogen-bond donors (Lipinski definition) is 1. The van der Waals surface area contributed by atoms with Gasteiger partial charge in [0.25, 0.3) is 0 Å². The van der Waals surface area contributed by atoms with E-state index in [-0.39, 0.29) is 10.0 Å². The fraction of sp³-hybridized carbons (Fsp3) is 0.263. The third-order valence-electron chi connectivity index (χ3n) is 4.28. The number of alkyl halides is 3. The van der Waals surface area contributed by atoms with Crippen molar-refractivity contribution in [2.24, 2.45) is 0 Å². The third-order valence-corrected chi connectivity index (χ3v) is 6.29. The van der Waals surface area contributed by atoms with Crippen LogP contribution in [0.5, 0.6) is 0 Å². The molecular weight excluding hydrogens is 423 g/mol. The van der Waals surface area contributed by atoms with Gasteiger partial charge in [0.2, 0.25) is 10.1 Å². The number of hydrogen-bond acceptors (Lipinski definition) is 6. The number of sulfone groups is 1. The van der Waals surface area contributed by atoms with Crippen LogP contribution in [0.15, 0.2) is 53.4 Å². The highest BCUT2D eigenvalue weighted by Crippen LogP contribution is 2.35. The van der Waals surface area contributed by atoms with E-state index in [1.165, 1.54) is 12.1 Å². The fourth-order valence-electron chi connectivity index (χ4n) is 2.75. The normalized spacial score (nSPS) is 13.3. The lowest BCUT2D eigenvalue weighted by Crippen LogP contribution is -2.13. The molecule has 0 saturated carbocycles. The van der Waals surface area contributed by atoms with Gasteiger partial charge in [-0.2, -0.15) is 13.2 Å². The van der Waals surface area contributed by atoms with Crippen LogP contribution in [-0.4, -0.2) is 24.9 Å². The van der Waals surface area contributed by atoms with Crippen LogP contribution < -0.4 is 5.32 Å². The van der Waals surface area contributed by atoms with Crippen molar-refractivity contribution in [2.45, 2.75) is 30.5 Å². The topological polar surface area (TPSA) is 72.0 Å². The van der Waals surface area contributed by atoms with Gasteiger partial charge < -0.3 is 5.32 Å². The summed E-state index contributed by atoms with van der Waals surface area (Å²) in [6.45, 7) is 2.01. The zero-order valence-corrected chi connectivity index (χ0v) is 17.2. The number of halogens is 3. The lowest BCUT2D eigenvalue weighted by Gasteiger charge is -2.20. The molecule has 0 radical (unpaired) electrons. The van der Waals surface area contributed by atoms with E-state index < -0.39 is 27.1 Å². The van der Waals surface area contributed by atoms with Crippen molar-refractivity contribution >= 4 is 26.3 Å².